The van der Waals surface area contributed by atoms with Crippen LogP contribution >= 0.6 is 31.9 Å². The highest BCUT2D eigenvalue weighted by Gasteiger charge is 2.26. The van der Waals surface area contributed by atoms with Crippen molar-refractivity contribution in [3.8, 4) is 0 Å². The predicted octanol–water partition coefficient (Wildman–Crippen LogP) is 3.53. The van der Waals surface area contributed by atoms with Crippen LogP contribution in [0.2, 0.25) is 0 Å². The standard InChI is InChI=1S/C14H18Br2N2O/c1-8(12-6-3-10(15)7-13(12)16)17-9(2)14(19)18-11-4-5-11/h3,6-9,11,17H,4-5H2,1-2H3,(H,18,19). The van der Waals surface area contributed by atoms with E-state index in [0.29, 0.717) is 6.04 Å². The Bertz CT molecular complexity index is 475. The van der Waals surface area contributed by atoms with E-state index in [4.69, 9.17) is 0 Å². The summed E-state index contributed by atoms with van der Waals surface area (Å²) >= 11 is 6.99. The molecule has 0 spiro atoms. The first-order valence-electron chi connectivity index (χ1n) is 6.48. The van der Waals surface area contributed by atoms with Gasteiger partial charge in [0.15, 0.2) is 0 Å². The molecule has 1 aromatic rings. The lowest BCUT2D eigenvalue weighted by Crippen LogP contribution is -2.43. The quantitative estimate of drug-likeness (QED) is 0.808. The maximum Gasteiger partial charge on any atom is 0.237 e. The molecule has 19 heavy (non-hydrogen) atoms. The number of nitrogens with one attached hydrogen (secondary N) is 2. The summed E-state index contributed by atoms with van der Waals surface area (Å²) in [4.78, 5) is 11.9. The third-order valence-corrected chi connectivity index (χ3v) is 4.43. The van der Waals surface area contributed by atoms with Crippen LogP contribution in [0.3, 0.4) is 0 Å². The molecule has 1 saturated carbocycles. The molecule has 1 aromatic carbocycles. The molecule has 0 saturated heterocycles. The Labute approximate surface area is 130 Å². The molecule has 0 bridgehead atoms. The lowest BCUT2D eigenvalue weighted by molar-refractivity contribution is -0.123. The number of carbonyl (C=O) groups is 1. The molecule has 1 fully saturated rings. The molecule has 1 aliphatic carbocycles. The number of carbonyl (C=O) groups excluding carboxylic acids is 1. The number of rotatable bonds is 5. The fourth-order valence-electron chi connectivity index (χ4n) is 1.95. The van der Waals surface area contributed by atoms with E-state index in [2.05, 4.69) is 55.5 Å². The first-order chi connectivity index (χ1) is 8.97. The lowest BCUT2D eigenvalue weighted by Gasteiger charge is -2.21. The fourth-order valence-corrected chi connectivity index (χ4v) is 3.34. The maximum atomic E-state index is 11.9. The average Bonchev–Trinajstić information content (AvgIpc) is 3.12. The summed E-state index contributed by atoms with van der Waals surface area (Å²) < 4.78 is 2.08. The van der Waals surface area contributed by atoms with Gasteiger partial charge in [-0.3, -0.25) is 10.1 Å². The maximum absolute atomic E-state index is 11.9. The normalized spacial score (nSPS) is 17.9. The summed E-state index contributed by atoms with van der Waals surface area (Å²) in [5.41, 5.74) is 1.15. The van der Waals surface area contributed by atoms with Crippen LogP contribution in [0.15, 0.2) is 27.1 Å². The number of benzene rings is 1. The summed E-state index contributed by atoms with van der Waals surface area (Å²) in [6.07, 6.45) is 2.23. The Morgan fingerprint density at radius 3 is 2.58 bits per heavy atom. The minimum Gasteiger partial charge on any atom is -0.352 e. The van der Waals surface area contributed by atoms with Gasteiger partial charge in [0.1, 0.15) is 0 Å². The zero-order valence-electron chi connectivity index (χ0n) is 11.0. The van der Waals surface area contributed by atoms with Crippen molar-refractivity contribution in [3.63, 3.8) is 0 Å². The molecule has 3 nitrogen and oxygen atoms in total. The fraction of sp³-hybridized carbons (Fsp3) is 0.500. The van der Waals surface area contributed by atoms with Crippen LogP contribution in [-0.4, -0.2) is 18.0 Å². The largest absolute Gasteiger partial charge is 0.352 e. The topological polar surface area (TPSA) is 41.1 Å². The summed E-state index contributed by atoms with van der Waals surface area (Å²) in [7, 11) is 0. The lowest BCUT2D eigenvalue weighted by atomic mass is 10.1. The predicted molar refractivity (Wildman–Crippen MR) is 84.0 cm³/mol. The molecule has 2 N–H and O–H groups in total. The minimum atomic E-state index is -0.189. The molecule has 2 rings (SSSR count). The van der Waals surface area contributed by atoms with Gasteiger partial charge in [0.05, 0.1) is 6.04 Å². The van der Waals surface area contributed by atoms with Crippen molar-refractivity contribution < 1.29 is 4.79 Å². The highest BCUT2D eigenvalue weighted by molar-refractivity contribution is 9.11. The second-order valence-corrected chi connectivity index (χ2v) is 6.83. The van der Waals surface area contributed by atoms with Gasteiger partial charge in [0.2, 0.25) is 5.91 Å². The van der Waals surface area contributed by atoms with Gasteiger partial charge < -0.3 is 5.32 Å². The molecule has 0 aliphatic heterocycles. The van der Waals surface area contributed by atoms with Crippen LogP contribution in [0.25, 0.3) is 0 Å². The third-order valence-electron chi connectivity index (χ3n) is 3.25. The number of halogens is 2. The van der Waals surface area contributed by atoms with Gasteiger partial charge in [0.25, 0.3) is 0 Å². The van der Waals surface area contributed by atoms with Crippen molar-refractivity contribution >= 4 is 37.8 Å². The average molecular weight is 390 g/mol. The molecule has 1 aliphatic rings. The van der Waals surface area contributed by atoms with Gasteiger partial charge in [-0.15, -0.1) is 0 Å². The molecule has 2 unspecified atom stereocenters. The van der Waals surface area contributed by atoms with Crippen molar-refractivity contribution in [1.29, 1.82) is 0 Å². The third kappa shape index (κ3) is 4.29. The summed E-state index contributed by atoms with van der Waals surface area (Å²) in [5.74, 6) is 0.0857. The van der Waals surface area contributed by atoms with Gasteiger partial charge in [-0.05, 0) is 44.4 Å². The SMILES string of the molecule is CC(NC(C)c1ccc(Br)cc1Br)C(=O)NC1CC1. The van der Waals surface area contributed by atoms with E-state index in [9.17, 15) is 4.79 Å². The van der Waals surface area contributed by atoms with E-state index in [0.717, 1.165) is 27.4 Å². The van der Waals surface area contributed by atoms with Gasteiger partial charge in [0, 0.05) is 21.0 Å². The monoisotopic (exact) mass is 388 g/mol. The van der Waals surface area contributed by atoms with Gasteiger partial charge in [-0.25, -0.2) is 0 Å². The first kappa shape index (κ1) is 15.0. The van der Waals surface area contributed by atoms with Gasteiger partial charge in [-0.2, -0.15) is 0 Å². The molecule has 0 aromatic heterocycles. The van der Waals surface area contributed by atoms with E-state index in [-0.39, 0.29) is 18.0 Å². The Balaban J connectivity index is 1.95. The van der Waals surface area contributed by atoms with Crippen LogP contribution in [0.4, 0.5) is 0 Å². The molecule has 104 valence electrons. The summed E-state index contributed by atoms with van der Waals surface area (Å²) in [5, 5.41) is 6.35. The van der Waals surface area contributed by atoms with Crippen LogP contribution in [0.1, 0.15) is 38.3 Å². The van der Waals surface area contributed by atoms with Crippen molar-refractivity contribution in [2.24, 2.45) is 0 Å². The molecule has 5 heteroatoms. The van der Waals surface area contributed by atoms with E-state index >= 15 is 0 Å². The van der Waals surface area contributed by atoms with Gasteiger partial charge in [-0.1, -0.05) is 37.9 Å². The Kier molecular flexibility index (Phi) is 5.03. The van der Waals surface area contributed by atoms with Crippen LogP contribution in [0, 0.1) is 0 Å². The van der Waals surface area contributed by atoms with Gasteiger partial charge >= 0.3 is 0 Å². The number of hydrogen-bond donors (Lipinski definition) is 2. The zero-order chi connectivity index (χ0) is 14.0. The highest BCUT2D eigenvalue weighted by atomic mass is 79.9. The highest BCUT2D eigenvalue weighted by Crippen LogP contribution is 2.27. The summed E-state index contributed by atoms with van der Waals surface area (Å²) in [6.45, 7) is 3.97. The Morgan fingerprint density at radius 1 is 1.32 bits per heavy atom. The molecule has 1 amide bonds. The minimum absolute atomic E-state index is 0.0857. The Morgan fingerprint density at radius 2 is 2.00 bits per heavy atom. The van der Waals surface area contributed by atoms with Crippen molar-refractivity contribution in [3.05, 3.63) is 32.7 Å². The van der Waals surface area contributed by atoms with E-state index in [1.54, 1.807) is 0 Å². The summed E-state index contributed by atoms with van der Waals surface area (Å²) in [6, 6.07) is 6.41. The van der Waals surface area contributed by atoms with Crippen LogP contribution in [0.5, 0.6) is 0 Å². The van der Waals surface area contributed by atoms with Crippen molar-refractivity contribution in [2.45, 2.75) is 44.8 Å². The molecular formula is C14H18Br2N2O. The van der Waals surface area contributed by atoms with E-state index in [1.165, 1.54) is 0 Å². The van der Waals surface area contributed by atoms with Crippen LogP contribution in [-0.2, 0) is 4.79 Å². The first-order valence-corrected chi connectivity index (χ1v) is 8.07. The number of hydrogen-bond acceptors (Lipinski definition) is 2. The molecular weight excluding hydrogens is 372 g/mol. The van der Waals surface area contributed by atoms with E-state index < -0.39 is 0 Å². The van der Waals surface area contributed by atoms with E-state index in [1.807, 2.05) is 19.1 Å². The van der Waals surface area contributed by atoms with Crippen molar-refractivity contribution in [2.75, 3.05) is 0 Å². The smallest absolute Gasteiger partial charge is 0.237 e. The van der Waals surface area contributed by atoms with Crippen molar-refractivity contribution in [1.82, 2.24) is 10.6 Å². The second-order valence-electron chi connectivity index (χ2n) is 5.06. The Hall–Kier alpha value is -0.390. The molecule has 0 heterocycles. The second kappa shape index (κ2) is 6.37. The zero-order valence-corrected chi connectivity index (χ0v) is 14.2. The number of amides is 1. The molecule has 0 radical (unpaired) electrons. The molecule has 2 atom stereocenters. The van der Waals surface area contributed by atoms with Crippen LogP contribution < -0.4 is 10.6 Å².